The lowest BCUT2D eigenvalue weighted by Gasteiger charge is -2.16. The van der Waals surface area contributed by atoms with Gasteiger partial charge in [0.1, 0.15) is 5.56 Å². The van der Waals surface area contributed by atoms with Crippen molar-refractivity contribution >= 4 is 21.9 Å². The lowest BCUT2D eigenvalue weighted by Crippen LogP contribution is -2.24. The zero-order valence-electron chi connectivity index (χ0n) is 10.8. The Morgan fingerprint density at radius 2 is 1.95 bits per heavy atom. The fourth-order valence-corrected chi connectivity index (χ4v) is 2.92. The monoisotopic (exact) mass is 335 g/mol. The minimum Gasteiger partial charge on any atom is -0.493 e. The number of benzene rings is 1. The van der Waals surface area contributed by atoms with Crippen molar-refractivity contribution in [2.75, 3.05) is 18.0 Å². The molecular formula is C14H14BrN3O2. The minimum absolute atomic E-state index is 0.195. The van der Waals surface area contributed by atoms with Crippen LogP contribution in [0.5, 0.6) is 5.88 Å². The van der Waals surface area contributed by atoms with Gasteiger partial charge < -0.3 is 10.0 Å². The Kier molecular flexibility index (Phi) is 3.48. The first-order chi connectivity index (χ1) is 9.66. The molecule has 0 atom stereocenters. The van der Waals surface area contributed by atoms with Crippen molar-refractivity contribution in [1.82, 2.24) is 9.97 Å². The van der Waals surface area contributed by atoms with Crippen LogP contribution in [0.3, 0.4) is 0 Å². The Bertz CT molecular complexity index is 693. The van der Waals surface area contributed by atoms with Gasteiger partial charge in [0.05, 0.1) is 0 Å². The first-order valence-corrected chi connectivity index (χ1v) is 7.29. The average Bonchev–Trinajstić information content (AvgIpc) is 2.94. The largest absolute Gasteiger partial charge is 0.493 e. The number of hydrogen-bond acceptors (Lipinski definition) is 4. The number of nitrogens with zero attached hydrogens (tertiary/aromatic N) is 2. The molecule has 5 nitrogen and oxygen atoms in total. The number of halogens is 1. The van der Waals surface area contributed by atoms with Crippen LogP contribution in [0, 0.1) is 0 Å². The molecule has 3 rings (SSSR count). The summed E-state index contributed by atoms with van der Waals surface area (Å²) in [5.74, 6) is 0.211. The molecule has 2 aromatic rings. The van der Waals surface area contributed by atoms with E-state index in [2.05, 4.69) is 25.9 Å². The molecule has 2 N–H and O–H groups in total. The Hall–Kier alpha value is -1.82. The molecule has 6 heteroatoms. The van der Waals surface area contributed by atoms with Crippen molar-refractivity contribution < 1.29 is 5.11 Å². The molecular weight excluding hydrogens is 322 g/mol. The molecule has 1 saturated heterocycles. The van der Waals surface area contributed by atoms with Crippen LogP contribution in [0.2, 0.25) is 0 Å². The second-order valence-electron chi connectivity index (χ2n) is 4.76. The summed E-state index contributed by atoms with van der Waals surface area (Å²) >= 11 is 3.38. The molecule has 0 aliphatic carbocycles. The van der Waals surface area contributed by atoms with Crippen LogP contribution < -0.4 is 10.5 Å². The Morgan fingerprint density at radius 1 is 1.25 bits per heavy atom. The predicted octanol–water partition coefficient (Wildman–Crippen LogP) is 2.51. The number of H-pyrrole nitrogens is 1. The fourth-order valence-electron chi connectivity index (χ4n) is 2.44. The van der Waals surface area contributed by atoms with E-state index in [-0.39, 0.29) is 17.0 Å². The van der Waals surface area contributed by atoms with Gasteiger partial charge in [0.25, 0.3) is 5.56 Å². The highest BCUT2D eigenvalue weighted by molar-refractivity contribution is 9.10. The van der Waals surface area contributed by atoms with Gasteiger partial charge in [0, 0.05) is 23.1 Å². The fraction of sp³-hybridized carbons (Fsp3) is 0.286. The van der Waals surface area contributed by atoms with E-state index in [1.54, 1.807) is 6.07 Å². The molecule has 1 aromatic heterocycles. The van der Waals surface area contributed by atoms with Crippen LogP contribution in [0.25, 0.3) is 11.1 Å². The third kappa shape index (κ3) is 2.31. The van der Waals surface area contributed by atoms with Crippen molar-refractivity contribution in [3.8, 4) is 17.0 Å². The van der Waals surface area contributed by atoms with E-state index in [4.69, 9.17) is 0 Å². The van der Waals surface area contributed by atoms with Crippen LogP contribution in [-0.2, 0) is 0 Å². The maximum absolute atomic E-state index is 12.3. The van der Waals surface area contributed by atoms with E-state index in [1.807, 2.05) is 23.1 Å². The highest BCUT2D eigenvalue weighted by Crippen LogP contribution is 2.31. The molecule has 0 unspecified atom stereocenters. The molecule has 0 amide bonds. The van der Waals surface area contributed by atoms with Gasteiger partial charge in [-0.15, -0.1) is 0 Å². The van der Waals surface area contributed by atoms with Crippen LogP contribution in [-0.4, -0.2) is 28.2 Å². The molecule has 0 bridgehead atoms. The number of hydrogen-bond donors (Lipinski definition) is 2. The zero-order valence-corrected chi connectivity index (χ0v) is 12.4. The maximum Gasteiger partial charge on any atom is 0.264 e. The normalized spacial score (nSPS) is 14.8. The molecule has 104 valence electrons. The quantitative estimate of drug-likeness (QED) is 0.884. The second-order valence-corrected chi connectivity index (χ2v) is 5.62. The summed E-state index contributed by atoms with van der Waals surface area (Å²) in [7, 11) is 0. The maximum atomic E-state index is 12.3. The van der Waals surface area contributed by atoms with Crippen molar-refractivity contribution in [3.63, 3.8) is 0 Å². The first kappa shape index (κ1) is 13.2. The Labute approximate surface area is 124 Å². The van der Waals surface area contributed by atoms with E-state index < -0.39 is 0 Å². The lowest BCUT2D eigenvalue weighted by molar-refractivity contribution is 0.453. The molecule has 1 fully saturated rings. The average molecular weight is 336 g/mol. The zero-order chi connectivity index (χ0) is 14.1. The van der Waals surface area contributed by atoms with Crippen LogP contribution in [0.4, 0.5) is 5.95 Å². The van der Waals surface area contributed by atoms with Crippen LogP contribution in [0.15, 0.2) is 33.5 Å². The standard InChI is InChI=1S/C14H14BrN3O2/c15-10-6-2-1-5-9(10)11-12(19)16-14(17-13(11)20)18-7-3-4-8-18/h1-2,5-6H,3-4,7-8H2,(H2,16,17,19,20). The van der Waals surface area contributed by atoms with E-state index in [1.165, 1.54) is 0 Å². The number of anilines is 1. The van der Waals surface area contributed by atoms with Gasteiger partial charge in [0.15, 0.2) is 0 Å². The minimum atomic E-state index is -0.327. The lowest BCUT2D eigenvalue weighted by atomic mass is 10.1. The van der Waals surface area contributed by atoms with Gasteiger partial charge >= 0.3 is 0 Å². The summed E-state index contributed by atoms with van der Waals surface area (Å²) in [5, 5.41) is 10.1. The van der Waals surface area contributed by atoms with E-state index in [0.29, 0.717) is 11.5 Å². The van der Waals surface area contributed by atoms with Gasteiger partial charge in [-0.1, -0.05) is 34.1 Å². The summed E-state index contributed by atoms with van der Waals surface area (Å²) in [5.41, 5.74) is 0.499. The van der Waals surface area contributed by atoms with E-state index >= 15 is 0 Å². The molecule has 20 heavy (non-hydrogen) atoms. The molecule has 0 spiro atoms. The summed E-state index contributed by atoms with van der Waals surface area (Å²) in [4.78, 5) is 21.1. The highest BCUT2D eigenvalue weighted by Gasteiger charge is 2.19. The Morgan fingerprint density at radius 3 is 2.60 bits per heavy atom. The van der Waals surface area contributed by atoms with Crippen LogP contribution >= 0.6 is 15.9 Å². The van der Waals surface area contributed by atoms with Crippen molar-refractivity contribution in [3.05, 3.63) is 39.1 Å². The number of nitrogens with one attached hydrogen (secondary N) is 1. The number of aromatic nitrogens is 2. The molecule has 1 aromatic carbocycles. The van der Waals surface area contributed by atoms with Gasteiger partial charge in [-0.3, -0.25) is 9.78 Å². The molecule has 0 radical (unpaired) electrons. The smallest absolute Gasteiger partial charge is 0.264 e. The number of aromatic hydroxyl groups is 1. The van der Waals surface area contributed by atoms with Gasteiger partial charge in [0.2, 0.25) is 11.8 Å². The van der Waals surface area contributed by atoms with Gasteiger partial charge in [-0.25, -0.2) is 0 Å². The van der Waals surface area contributed by atoms with Crippen LogP contribution in [0.1, 0.15) is 12.8 Å². The Balaban J connectivity index is 2.10. The third-order valence-electron chi connectivity index (χ3n) is 3.44. The first-order valence-electron chi connectivity index (χ1n) is 6.50. The summed E-state index contributed by atoms with van der Waals surface area (Å²) in [6, 6.07) is 7.26. The third-order valence-corrected chi connectivity index (χ3v) is 4.13. The van der Waals surface area contributed by atoms with Gasteiger partial charge in [-0.2, -0.15) is 4.98 Å². The molecule has 1 aliphatic heterocycles. The van der Waals surface area contributed by atoms with E-state index in [0.717, 1.165) is 30.4 Å². The van der Waals surface area contributed by atoms with Crippen molar-refractivity contribution in [1.29, 1.82) is 0 Å². The van der Waals surface area contributed by atoms with Crippen molar-refractivity contribution in [2.24, 2.45) is 0 Å². The molecule has 0 saturated carbocycles. The molecule has 1 aliphatic rings. The topological polar surface area (TPSA) is 69.2 Å². The van der Waals surface area contributed by atoms with Gasteiger partial charge in [-0.05, 0) is 18.9 Å². The summed E-state index contributed by atoms with van der Waals surface area (Å²) in [6.45, 7) is 1.72. The number of rotatable bonds is 2. The number of aromatic amines is 1. The highest BCUT2D eigenvalue weighted by atomic mass is 79.9. The summed E-state index contributed by atoms with van der Waals surface area (Å²) in [6.07, 6.45) is 2.16. The SMILES string of the molecule is O=c1[nH]c(N2CCCC2)nc(O)c1-c1ccccc1Br. The van der Waals surface area contributed by atoms with Crippen molar-refractivity contribution in [2.45, 2.75) is 12.8 Å². The predicted molar refractivity (Wildman–Crippen MR) is 81.1 cm³/mol. The summed E-state index contributed by atoms with van der Waals surface area (Å²) < 4.78 is 0.747. The van der Waals surface area contributed by atoms with E-state index in [9.17, 15) is 9.90 Å². The molecule has 2 heterocycles. The second kappa shape index (κ2) is 5.28.